The summed E-state index contributed by atoms with van der Waals surface area (Å²) < 4.78 is 28.8. The molecule has 0 aliphatic heterocycles. The third kappa shape index (κ3) is 3.85. The molecule has 0 unspecified atom stereocenters. The van der Waals surface area contributed by atoms with E-state index in [0.29, 0.717) is 26.6 Å². The molecular weight excluding hydrogens is 437 g/mol. The summed E-state index contributed by atoms with van der Waals surface area (Å²) in [6.07, 6.45) is 0. The summed E-state index contributed by atoms with van der Waals surface area (Å²) in [6, 6.07) is 9.28. The summed E-state index contributed by atoms with van der Waals surface area (Å²) in [5.74, 6) is 0. The van der Waals surface area contributed by atoms with Gasteiger partial charge in [0.1, 0.15) is 0 Å². The molecule has 29 heavy (non-hydrogen) atoms. The average molecular weight is 456 g/mol. The quantitative estimate of drug-likeness (QED) is 0.553. The van der Waals surface area contributed by atoms with Gasteiger partial charge in [-0.05, 0) is 42.8 Å². The molecule has 7 nitrogen and oxygen atoms in total. The molecule has 154 valence electrons. The molecule has 0 fully saturated rings. The van der Waals surface area contributed by atoms with Crippen LogP contribution >= 0.6 is 23.2 Å². The van der Waals surface area contributed by atoms with E-state index in [1.807, 2.05) is 0 Å². The van der Waals surface area contributed by atoms with Crippen LogP contribution in [0.3, 0.4) is 0 Å². The van der Waals surface area contributed by atoms with Crippen molar-refractivity contribution in [3.63, 3.8) is 0 Å². The van der Waals surface area contributed by atoms with Crippen molar-refractivity contribution in [3.05, 3.63) is 72.7 Å². The molecule has 1 aromatic heterocycles. The van der Waals surface area contributed by atoms with E-state index in [4.69, 9.17) is 23.2 Å². The lowest BCUT2D eigenvalue weighted by atomic mass is 10.2. The van der Waals surface area contributed by atoms with E-state index in [1.165, 1.54) is 35.4 Å². The second kappa shape index (κ2) is 7.95. The van der Waals surface area contributed by atoms with Crippen LogP contribution in [0, 0.1) is 0 Å². The molecule has 0 spiro atoms. The minimum atomic E-state index is -3.72. The first-order valence-electron chi connectivity index (χ1n) is 8.71. The Morgan fingerprint density at radius 1 is 0.897 bits per heavy atom. The van der Waals surface area contributed by atoms with Crippen molar-refractivity contribution in [1.29, 1.82) is 0 Å². The van der Waals surface area contributed by atoms with Crippen LogP contribution in [-0.4, -0.2) is 36.0 Å². The normalized spacial score (nSPS) is 12.1. The Morgan fingerprint density at radius 2 is 1.55 bits per heavy atom. The standard InChI is InChI=1S/C19H19Cl2N3O4S/c1-4-23-16-8-6-13(29(27,28)22(2)3)10-17(16)24(19(26)18(23)25)11-12-5-7-14(20)15(21)9-12/h5-10H,4,11H2,1-3H3. The molecule has 0 N–H and O–H groups in total. The molecular formula is C19H19Cl2N3O4S. The van der Waals surface area contributed by atoms with Crippen molar-refractivity contribution in [2.75, 3.05) is 14.1 Å². The zero-order valence-electron chi connectivity index (χ0n) is 16.0. The third-order valence-electron chi connectivity index (χ3n) is 4.62. The van der Waals surface area contributed by atoms with Gasteiger partial charge in [-0.1, -0.05) is 29.3 Å². The largest absolute Gasteiger partial charge is 0.317 e. The fourth-order valence-electron chi connectivity index (χ4n) is 3.06. The van der Waals surface area contributed by atoms with Gasteiger partial charge in [0.05, 0.1) is 32.5 Å². The number of rotatable bonds is 5. The van der Waals surface area contributed by atoms with Crippen LogP contribution in [0.5, 0.6) is 0 Å². The molecule has 0 bridgehead atoms. The lowest BCUT2D eigenvalue weighted by Gasteiger charge is -2.17. The van der Waals surface area contributed by atoms with E-state index in [-0.39, 0.29) is 18.0 Å². The summed E-state index contributed by atoms with van der Waals surface area (Å²) in [6.45, 7) is 2.06. The Hall–Kier alpha value is -2.13. The summed E-state index contributed by atoms with van der Waals surface area (Å²) in [5.41, 5.74) is 0.0331. The van der Waals surface area contributed by atoms with Crippen molar-refractivity contribution >= 4 is 44.3 Å². The molecule has 2 aromatic carbocycles. The van der Waals surface area contributed by atoms with Gasteiger partial charge in [-0.3, -0.25) is 14.2 Å². The molecule has 0 saturated carbocycles. The van der Waals surface area contributed by atoms with Crippen molar-refractivity contribution in [2.45, 2.75) is 24.9 Å². The molecule has 1 heterocycles. The maximum Gasteiger partial charge on any atom is 0.317 e. The third-order valence-corrected chi connectivity index (χ3v) is 7.17. The van der Waals surface area contributed by atoms with Crippen molar-refractivity contribution in [3.8, 4) is 0 Å². The number of aromatic nitrogens is 2. The second-order valence-electron chi connectivity index (χ2n) is 6.63. The first kappa shape index (κ1) is 21.6. The van der Waals surface area contributed by atoms with Gasteiger partial charge < -0.3 is 4.57 Å². The number of sulfonamides is 1. The molecule has 0 aliphatic rings. The molecule has 3 aromatic rings. The highest BCUT2D eigenvalue weighted by molar-refractivity contribution is 7.89. The molecule has 0 radical (unpaired) electrons. The summed E-state index contributed by atoms with van der Waals surface area (Å²) >= 11 is 12.0. The summed E-state index contributed by atoms with van der Waals surface area (Å²) in [5, 5.41) is 0.688. The Balaban J connectivity index is 2.34. The molecule has 0 aliphatic carbocycles. The smallest absolute Gasteiger partial charge is 0.302 e. The fourth-order valence-corrected chi connectivity index (χ4v) is 4.30. The van der Waals surface area contributed by atoms with Crippen LogP contribution in [0.1, 0.15) is 12.5 Å². The first-order valence-corrected chi connectivity index (χ1v) is 10.9. The zero-order chi connectivity index (χ0) is 21.5. The van der Waals surface area contributed by atoms with E-state index in [2.05, 4.69) is 0 Å². The van der Waals surface area contributed by atoms with Gasteiger partial charge in [0.25, 0.3) is 0 Å². The first-order chi connectivity index (χ1) is 13.6. The molecule has 0 amide bonds. The van der Waals surface area contributed by atoms with Crippen molar-refractivity contribution < 1.29 is 8.42 Å². The number of benzene rings is 2. The highest BCUT2D eigenvalue weighted by atomic mass is 35.5. The SMILES string of the molecule is CCn1c(=O)c(=O)n(Cc2ccc(Cl)c(Cl)c2)c2cc(S(=O)(=O)N(C)C)ccc21. The van der Waals surface area contributed by atoms with Crippen molar-refractivity contribution in [1.82, 2.24) is 13.4 Å². The van der Waals surface area contributed by atoms with Gasteiger partial charge in [0.2, 0.25) is 10.0 Å². The van der Waals surface area contributed by atoms with Crippen molar-refractivity contribution in [2.24, 2.45) is 0 Å². The Morgan fingerprint density at radius 3 is 2.14 bits per heavy atom. The number of nitrogens with zero attached hydrogens (tertiary/aromatic N) is 3. The topological polar surface area (TPSA) is 81.4 Å². The molecule has 0 saturated heterocycles. The van der Waals surface area contributed by atoms with Crippen LogP contribution in [-0.2, 0) is 23.1 Å². The Kier molecular flexibility index (Phi) is 5.91. The highest BCUT2D eigenvalue weighted by Gasteiger charge is 2.20. The molecule has 0 atom stereocenters. The number of aryl methyl sites for hydroxylation is 1. The van der Waals surface area contributed by atoms with E-state index in [1.54, 1.807) is 31.2 Å². The maximum absolute atomic E-state index is 12.8. The lowest BCUT2D eigenvalue weighted by Crippen LogP contribution is -2.41. The number of hydrogen-bond donors (Lipinski definition) is 0. The minimum Gasteiger partial charge on any atom is -0.302 e. The van der Waals surface area contributed by atoms with Gasteiger partial charge in [0.15, 0.2) is 0 Å². The zero-order valence-corrected chi connectivity index (χ0v) is 18.3. The van der Waals surface area contributed by atoms with Crippen LogP contribution in [0.15, 0.2) is 50.9 Å². The Bertz CT molecular complexity index is 1330. The fraction of sp³-hybridized carbons (Fsp3) is 0.263. The van der Waals surface area contributed by atoms with E-state index < -0.39 is 21.1 Å². The highest BCUT2D eigenvalue weighted by Crippen LogP contribution is 2.24. The van der Waals surface area contributed by atoms with Crippen LogP contribution in [0.2, 0.25) is 10.0 Å². The lowest BCUT2D eigenvalue weighted by molar-refractivity contribution is 0.521. The van der Waals surface area contributed by atoms with E-state index in [0.717, 1.165) is 4.31 Å². The number of fused-ring (bicyclic) bond motifs is 1. The van der Waals surface area contributed by atoms with E-state index >= 15 is 0 Å². The minimum absolute atomic E-state index is 0.0265. The predicted molar refractivity (Wildman–Crippen MR) is 115 cm³/mol. The summed E-state index contributed by atoms with van der Waals surface area (Å²) in [4.78, 5) is 25.4. The van der Waals surface area contributed by atoms with Gasteiger partial charge >= 0.3 is 11.1 Å². The predicted octanol–water partition coefficient (Wildman–Crippen LogP) is 2.79. The maximum atomic E-state index is 12.8. The number of halogens is 2. The average Bonchev–Trinajstić information content (AvgIpc) is 2.68. The van der Waals surface area contributed by atoms with Gasteiger partial charge in [-0.2, -0.15) is 0 Å². The monoisotopic (exact) mass is 455 g/mol. The van der Waals surface area contributed by atoms with Crippen LogP contribution in [0.25, 0.3) is 11.0 Å². The second-order valence-corrected chi connectivity index (χ2v) is 9.59. The van der Waals surface area contributed by atoms with Gasteiger partial charge in [-0.25, -0.2) is 12.7 Å². The number of hydrogen-bond acceptors (Lipinski definition) is 4. The van der Waals surface area contributed by atoms with E-state index in [9.17, 15) is 18.0 Å². The molecule has 3 rings (SSSR count). The van der Waals surface area contributed by atoms with Crippen LogP contribution in [0.4, 0.5) is 0 Å². The molecule has 10 heteroatoms. The summed E-state index contributed by atoms with van der Waals surface area (Å²) in [7, 11) is -0.869. The van der Waals surface area contributed by atoms with Gasteiger partial charge in [-0.15, -0.1) is 0 Å². The van der Waals surface area contributed by atoms with Gasteiger partial charge in [0, 0.05) is 20.6 Å². The Labute approximate surface area is 177 Å². The van der Waals surface area contributed by atoms with Crippen LogP contribution < -0.4 is 11.1 Å².